The van der Waals surface area contributed by atoms with Crippen LogP contribution >= 0.6 is 11.3 Å². The van der Waals surface area contributed by atoms with Crippen molar-refractivity contribution in [1.29, 1.82) is 0 Å². The van der Waals surface area contributed by atoms with Crippen LogP contribution in [0.2, 0.25) is 0 Å². The molecule has 0 fully saturated rings. The summed E-state index contributed by atoms with van der Waals surface area (Å²) in [4.78, 5) is 5.05. The van der Waals surface area contributed by atoms with Gasteiger partial charge in [-0.3, -0.25) is 0 Å². The summed E-state index contributed by atoms with van der Waals surface area (Å²) in [5.41, 5.74) is 22.1. The fourth-order valence-corrected chi connectivity index (χ4v) is 12.8. The first kappa shape index (κ1) is 38.7. The molecule has 0 radical (unpaired) electrons. The zero-order chi connectivity index (χ0) is 44.8. The van der Waals surface area contributed by atoms with Crippen molar-refractivity contribution in [1.82, 2.24) is 0 Å². The van der Waals surface area contributed by atoms with Gasteiger partial charge in [-0.05, 0) is 109 Å². The maximum atomic E-state index is 6.52. The standard InChI is InChI=1S/C65H41NOS/c1-4-17-42(18-5-1)43-31-35-47(36-32-43)66(48-37-33-44(34-38-48)50-26-16-27-54-53-24-12-15-30-59(53)67-62(50)54)49-39-40-52-51-23-10-13-28-56(51)65(58(52)41-49)57-29-14-11-25-55(57)60-61(65)64(46-21-8-3-9-22-46)68-63(60)45-19-6-2-7-20-45/h1-41H. The van der Waals surface area contributed by atoms with E-state index in [0.29, 0.717) is 0 Å². The van der Waals surface area contributed by atoms with Gasteiger partial charge in [0.1, 0.15) is 11.2 Å². The minimum Gasteiger partial charge on any atom is -0.455 e. The molecule has 2 nitrogen and oxygen atoms in total. The molecule has 12 aromatic rings. The summed E-state index contributed by atoms with van der Waals surface area (Å²) in [6.45, 7) is 0. The molecule has 1 atom stereocenters. The van der Waals surface area contributed by atoms with Crippen molar-refractivity contribution in [2.45, 2.75) is 5.41 Å². The van der Waals surface area contributed by atoms with E-state index in [1.54, 1.807) is 0 Å². The summed E-state index contributed by atoms with van der Waals surface area (Å²) < 4.78 is 6.52. The molecule has 1 unspecified atom stereocenters. The molecule has 0 bridgehead atoms. The molecule has 14 rings (SSSR count). The highest BCUT2D eigenvalue weighted by molar-refractivity contribution is 7.19. The Bertz CT molecular complexity index is 3890. The largest absolute Gasteiger partial charge is 0.455 e. The molecule has 2 aliphatic carbocycles. The second-order valence-electron chi connectivity index (χ2n) is 17.9. The molecule has 2 heterocycles. The third-order valence-electron chi connectivity index (χ3n) is 14.3. The van der Waals surface area contributed by atoms with E-state index in [9.17, 15) is 0 Å². The van der Waals surface area contributed by atoms with Gasteiger partial charge in [0.25, 0.3) is 0 Å². The molecule has 0 amide bonds. The second kappa shape index (κ2) is 15.3. The molecule has 3 heteroatoms. The Morgan fingerprint density at radius 3 is 1.54 bits per heavy atom. The topological polar surface area (TPSA) is 16.4 Å². The van der Waals surface area contributed by atoms with Crippen LogP contribution in [0.15, 0.2) is 253 Å². The SMILES string of the molecule is c1ccc(-c2ccc(N(c3ccc(-c4cccc5c4oc4ccccc45)cc3)c3ccc4c(c3)C3(c5ccccc5-4)c4ccccc4-c4c(-c5ccccc5)sc(-c5ccccc5)c43)cc2)cc1. The second-order valence-corrected chi connectivity index (χ2v) is 18.9. The number of hydrogen-bond donors (Lipinski definition) is 0. The number of nitrogens with zero attached hydrogens (tertiary/aromatic N) is 1. The van der Waals surface area contributed by atoms with Crippen LogP contribution in [0.4, 0.5) is 17.1 Å². The summed E-state index contributed by atoms with van der Waals surface area (Å²) in [7, 11) is 0. The minimum atomic E-state index is -0.569. The van der Waals surface area contributed by atoms with Crippen molar-refractivity contribution >= 4 is 50.3 Å². The molecule has 1 spiro atoms. The van der Waals surface area contributed by atoms with Gasteiger partial charge in [0, 0.05) is 48.7 Å². The van der Waals surface area contributed by atoms with Crippen molar-refractivity contribution in [2.75, 3.05) is 4.90 Å². The number of hydrogen-bond acceptors (Lipinski definition) is 3. The summed E-state index contributed by atoms with van der Waals surface area (Å²) in [6.07, 6.45) is 0. The third-order valence-corrected chi connectivity index (χ3v) is 15.6. The lowest BCUT2D eigenvalue weighted by Gasteiger charge is -2.32. The van der Waals surface area contributed by atoms with Crippen molar-refractivity contribution in [2.24, 2.45) is 0 Å². The van der Waals surface area contributed by atoms with Crippen LogP contribution in [-0.4, -0.2) is 0 Å². The maximum absolute atomic E-state index is 6.52. The molecule has 2 aliphatic rings. The lowest BCUT2D eigenvalue weighted by atomic mass is 9.70. The fraction of sp³-hybridized carbons (Fsp3) is 0.0154. The Labute approximate surface area is 399 Å². The molecule has 0 saturated carbocycles. The number of thiophene rings is 1. The Balaban J connectivity index is 0.998. The Morgan fingerprint density at radius 2 is 0.838 bits per heavy atom. The van der Waals surface area contributed by atoms with Crippen LogP contribution < -0.4 is 4.90 Å². The predicted molar refractivity (Wildman–Crippen MR) is 284 cm³/mol. The zero-order valence-corrected chi connectivity index (χ0v) is 37.8. The molecule has 0 N–H and O–H groups in total. The van der Waals surface area contributed by atoms with Crippen molar-refractivity contribution < 1.29 is 4.42 Å². The molecule has 10 aromatic carbocycles. The summed E-state index contributed by atoms with van der Waals surface area (Å²) in [5, 5.41) is 2.26. The molecular weight excluding hydrogens is 843 g/mol. The average molecular weight is 884 g/mol. The minimum absolute atomic E-state index is 0.569. The number of fused-ring (bicyclic) bond motifs is 13. The van der Waals surface area contributed by atoms with Crippen molar-refractivity contribution in [3.8, 4) is 65.4 Å². The molecule has 2 aromatic heterocycles. The van der Waals surface area contributed by atoms with Crippen LogP contribution in [0.5, 0.6) is 0 Å². The lowest BCUT2D eigenvalue weighted by Crippen LogP contribution is -2.26. The summed E-state index contributed by atoms with van der Waals surface area (Å²) >= 11 is 1.93. The number of rotatable bonds is 7. The highest BCUT2D eigenvalue weighted by Gasteiger charge is 2.54. The van der Waals surface area contributed by atoms with Gasteiger partial charge in [-0.25, -0.2) is 0 Å². The summed E-state index contributed by atoms with van der Waals surface area (Å²) in [6, 6.07) is 91.1. The van der Waals surface area contributed by atoms with E-state index in [1.165, 1.54) is 76.5 Å². The van der Waals surface area contributed by atoms with E-state index in [2.05, 4.69) is 248 Å². The average Bonchev–Trinajstić information content (AvgIpc) is 4.16. The van der Waals surface area contributed by atoms with Crippen LogP contribution in [-0.2, 0) is 5.41 Å². The molecule has 318 valence electrons. The Hall–Kier alpha value is -8.50. The lowest BCUT2D eigenvalue weighted by molar-refractivity contribution is 0.670. The van der Waals surface area contributed by atoms with Gasteiger partial charge >= 0.3 is 0 Å². The third kappa shape index (κ3) is 5.70. The van der Waals surface area contributed by atoms with E-state index in [-0.39, 0.29) is 0 Å². The quantitative estimate of drug-likeness (QED) is 0.159. The molecular formula is C65H41NOS. The monoisotopic (exact) mass is 883 g/mol. The van der Waals surface area contributed by atoms with Gasteiger partial charge in [0.05, 0.1) is 5.41 Å². The first-order chi connectivity index (χ1) is 33.7. The first-order valence-electron chi connectivity index (χ1n) is 23.3. The van der Waals surface area contributed by atoms with Gasteiger partial charge in [0.2, 0.25) is 0 Å². The number of anilines is 3. The van der Waals surface area contributed by atoms with E-state index in [4.69, 9.17) is 4.42 Å². The van der Waals surface area contributed by atoms with E-state index >= 15 is 0 Å². The zero-order valence-electron chi connectivity index (χ0n) is 36.9. The van der Waals surface area contributed by atoms with Crippen LogP contribution in [0.25, 0.3) is 87.3 Å². The maximum Gasteiger partial charge on any atom is 0.143 e. The fourth-order valence-electron chi connectivity index (χ4n) is 11.4. The molecule has 0 saturated heterocycles. The first-order valence-corrected chi connectivity index (χ1v) is 24.1. The van der Waals surface area contributed by atoms with Crippen LogP contribution in [0, 0.1) is 0 Å². The van der Waals surface area contributed by atoms with Crippen LogP contribution in [0.1, 0.15) is 22.3 Å². The Morgan fingerprint density at radius 1 is 0.338 bits per heavy atom. The smallest absolute Gasteiger partial charge is 0.143 e. The van der Waals surface area contributed by atoms with E-state index in [0.717, 1.165) is 50.1 Å². The van der Waals surface area contributed by atoms with Gasteiger partial charge in [0.15, 0.2) is 0 Å². The molecule has 0 aliphatic heterocycles. The van der Waals surface area contributed by atoms with Crippen LogP contribution in [0.3, 0.4) is 0 Å². The van der Waals surface area contributed by atoms with Gasteiger partial charge < -0.3 is 9.32 Å². The summed E-state index contributed by atoms with van der Waals surface area (Å²) in [5.74, 6) is 0. The van der Waals surface area contributed by atoms with Crippen molar-refractivity contribution in [3.05, 3.63) is 271 Å². The van der Waals surface area contributed by atoms with Crippen molar-refractivity contribution in [3.63, 3.8) is 0 Å². The predicted octanol–water partition coefficient (Wildman–Crippen LogP) is 18.1. The van der Waals surface area contributed by atoms with E-state index in [1.807, 2.05) is 17.4 Å². The number of para-hydroxylation sites is 2. The van der Waals surface area contributed by atoms with E-state index < -0.39 is 5.41 Å². The Kier molecular flexibility index (Phi) is 8.71. The highest BCUT2D eigenvalue weighted by atomic mass is 32.1. The van der Waals surface area contributed by atoms with Gasteiger partial charge in [-0.2, -0.15) is 0 Å². The normalized spacial score (nSPS) is 14.2. The number of furan rings is 1. The molecule has 68 heavy (non-hydrogen) atoms. The highest BCUT2D eigenvalue weighted by Crippen LogP contribution is 2.68. The van der Waals surface area contributed by atoms with Gasteiger partial charge in [-0.1, -0.05) is 206 Å². The van der Waals surface area contributed by atoms with Gasteiger partial charge in [-0.15, -0.1) is 11.3 Å². The number of benzene rings is 10.